The minimum absolute atomic E-state index is 0.442. The number of nitrogens with two attached hydrogens (primary N) is 3. The predicted molar refractivity (Wildman–Crippen MR) is 159 cm³/mol. The van der Waals surface area contributed by atoms with E-state index < -0.39 is 17.7 Å². The molecule has 4 aromatic rings. The largest absolute Gasteiger partial charge is 0.399 e. The van der Waals surface area contributed by atoms with Gasteiger partial charge in [0.15, 0.2) is 0 Å². The van der Waals surface area contributed by atoms with Crippen molar-refractivity contribution in [1.29, 1.82) is 0 Å². The van der Waals surface area contributed by atoms with E-state index >= 15 is 4.57 Å². The molecule has 190 valence electrons. The number of anilines is 2. The maximum atomic E-state index is 16.4. The molecule has 5 heteroatoms. The number of rotatable bonds is 4. The fraction of sp³-hybridized carbons (Fsp3) is 0.152. The molecule has 2 atom stereocenters. The molecule has 0 saturated carbocycles. The maximum Gasteiger partial charge on any atom is 0.135 e. The molecule has 0 saturated heterocycles. The zero-order valence-corrected chi connectivity index (χ0v) is 22.4. The molecule has 1 heterocycles. The molecule has 2 unspecified atom stereocenters. The first kappa shape index (κ1) is 24.3. The second-order valence-electron chi connectivity index (χ2n) is 10.7. The van der Waals surface area contributed by atoms with Crippen molar-refractivity contribution in [3.8, 4) is 11.1 Å². The summed E-state index contributed by atoms with van der Waals surface area (Å²) < 4.78 is 16.4. The van der Waals surface area contributed by atoms with Crippen LogP contribution in [0.2, 0.25) is 0 Å². The molecule has 4 nitrogen and oxygen atoms in total. The van der Waals surface area contributed by atoms with Crippen LogP contribution in [0, 0.1) is 5.41 Å². The van der Waals surface area contributed by atoms with Crippen LogP contribution in [0.5, 0.6) is 0 Å². The van der Waals surface area contributed by atoms with E-state index in [1.807, 2.05) is 48.5 Å². The van der Waals surface area contributed by atoms with Crippen molar-refractivity contribution in [2.24, 2.45) is 11.1 Å². The molecule has 0 spiro atoms. The quantitative estimate of drug-likeness (QED) is 0.206. The van der Waals surface area contributed by atoms with E-state index in [0.717, 1.165) is 38.8 Å². The third-order valence-electron chi connectivity index (χ3n) is 8.42. The predicted octanol–water partition coefficient (Wildman–Crippen LogP) is 6.77. The van der Waals surface area contributed by atoms with E-state index in [4.69, 9.17) is 17.2 Å². The molecule has 0 radical (unpaired) electrons. The van der Waals surface area contributed by atoms with Gasteiger partial charge in [-0.05, 0) is 64.6 Å². The van der Waals surface area contributed by atoms with Crippen molar-refractivity contribution in [2.45, 2.75) is 24.7 Å². The van der Waals surface area contributed by atoms with Crippen LogP contribution < -0.4 is 22.5 Å². The SMILES string of the molecule is CC1(C(c2ccc(N)cc2)(c2ccc(N)cc2)P2(=O)Cc3ccccc3-c3ccccc32)C=CC(N)=CC1. The highest BCUT2D eigenvalue weighted by Crippen LogP contribution is 2.76. The van der Waals surface area contributed by atoms with E-state index in [1.165, 1.54) is 0 Å². The summed E-state index contributed by atoms with van der Waals surface area (Å²) in [5, 5.41) is -0.0249. The summed E-state index contributed by atoms with van der Waals surface area (Å²) >= 11 is 0. The van der Waals surface area contributed by atoms with Gasteiger partial charge in [-0.1, -0.05) is 91.9 Å². The average Bonchev–Trinajstić information content (AvgIpc) is 2.93. The lowest BCUT2D eigenvalue weighted by Gasteiger charge is -2.54. The Balaban J connectivity index is 1.78. The molecule has 38 heavy (non-hydrogen) atoms. The summed E-state index contributed by atoms with van der Waals surface area (Å²) in [4.78, 5) is 0. The van der Waals surface area contributed by atoms with Crippen LogP contribution in [0.15, 0.2) is 121 Å². The van der Waals surface area contributed by atoms with E-state index in [9.17, 15) is 0 Å². The molecule has 0 amide bonds. The molecule has 2 aliphatic rings. The normalized spacial score (nSPS) is 22.3. The Morgan fingerprint density at radius 1 is 0.737 bits per heavy atom. The number of allylic oxidation sites excluding steroid dienone is 3. The van der Waals surface area contributed by atoms with Crippen LogP contribution in [-0.4, -0.2) is 0 Å². The van der Waals surface area contributed by atoms with Gasteiger partial charge in [0.25, 0.3) is 0 Å². The number of nitrogen functional groups attached to an aromatic ring is 2. The second kappa shape index (κ2) is 8.79. The van der Waals surface area contributed by atoms with Crippen LogP contribution in [0.4, 0.5) is 11.4 Å². The molecule has 4 aromatic carbocycles. The molecule has 1 aliphatic carbocycles. The van der Waals surface area contributed by atoms with Crippen molar-refractivity contribution in [1.82, 2.24) is 0 Å². The molecule has 1 aliphatic heterocycles. The molecule has 0 aromatic heterocycles. The van der Waals surface area contributed by atoms with Crippen LogP contribution in [0.3, 0.4) is 0 Å². The molecule has 0 fully saturated rings. The van der Waals surface area contributed by atoms with E-state index in [-0.39, 0.29) is 0 Å². The van der Waals surface area contributed by atoms with Gasteiger partial charge in [-0.2, -0.15) is 0 Å². The molecular formula is C33H32N3OP. The van der Waals surface area contributed by atoms with E-state index in [0.29, 0.717) is 24.0 Å². The van der Waals surface area contributed by atoms with Gasteiger partial charge in [0.05, 0.1) is 5.16 Å². The molecule has 6 N–H and O–H groups in total. The minimum Gasteiger partial charge on any atom is -0.399 e. The van der Waals surface area contributed by atoms with Crippen LogP contribution in [-0.2, 0) is 15.9 Å². The summed E-state index contributed by atoms with van der Waals surface area (Å²) in [6, 6.07) is 32.4. The Morgan fingerprint density at radius 2 is 1.29 bits per heavy atom. The Kier molecular flexibility index (Phi) is 5.63. The zero-order chi connectivity index (χ0) is 26.5. The van der Waals surface area contributed by atoms with Gasteiger partial charge < -0.3 is 21.8 Å². The lowest BCUT2D eigenvalue weighted by Crippen LogP contribution is -2.47. The summed E-state index contributed by atoms with van der Waals surface area (Å²) in [6.45, 7) is 2.21. The lowest BCUT2D eigenvalue weighted by atomic mass is 9.65. The fourth-order valence-electron chi connectivity index (χ4n) is 6.68. The van der Waals surface area contributed by atoms with Gasteiger partial charge in [-0.3, -0.25) is 0 Å². The van der Waals surface area contributed by atoms with Crippen LogP contribution >= 0.6 is 7.14 Å². The van der Waals surface area contributed by atoms with Gasteiger partial charge in [0, 0.05) is 34.0 Å². The first-order chi connectivity index (χ1) is 18.3. The lowest BCUT2D eigenvalue weighted by molar-refractivity contribution is 0.321. The number of benzene rings is 4. The maximum absolute atomic E-state index is 16.4. The highest BCUT2D eigenvalue weighted by Gasteiger charge is 2.62. The summed E-state index contributed by atoms with van der Waals surface area (Å²) in [6.07, 6.45) is 7.26. The van der Waals surface area contributed by atoms with E-state index in [1.54, 1.807) is 0 Å². The first-order valence-electron chi connectivity index (χ1n) is 12.9. The van der Waals surface area contributed by atoms with E-state index in [2.05, 4.69) is 73.7 Å². The van der Waals surface area contributed by atoms with Crippen molar-refractivity contribution in [2.75, 3.05) is 11.5 Å². The number of hydrogen-bond acceptors (Lipinski definition) is 4. The van der Waals surface area contributed by atoms with Crippen LogP contribution in [0.1, 0.15) is 30.0 Å². The highest BCUT2D eigenvalue weighted by atomic mass is 31.2. The smallest absolute Gasteiger partial charge is 0.135 e. The van der Waals surface area contributed by atoms with Gasteiger partial charge in [0.1, 0.15) is 7.14 Å². The topological polar surface area (TPSA) is 95.1 Å². The standard InChI is InChI=1S/C33H32N3OP/c1-32(20-18-28(36)19-21-32)33(24-10-14-26(34)15-11-24,25-12-16-27(35)17-13-25)38(37)22-23-6-2-3-7-29(23)30-8-4-5-9-31(30)38/h2-20H,21-22,34-36H2,1H3. The highest BCUT2D eigenvalue weighted by molar-refractivity contribution is 7.72. The second-order valence-corrected chi connectivity index (χ2v) is 13.6. The minimum atomic E-state index is -3.31. The van der Waals surface area contributed by atoms with Gasteiger partial charge in [0.2, 0.25) is 0 Å². The van der Waals surface area contributed by atoms with Crippen molar-refractivity contribution in [3.05, 3.63) is 138 Å². The molecule has 6 rings (SSSR count). The summed E-state index contributed by atoms with van der Waals surface area (Å²) in [7, 11) is -3.31. The Labute approximate surface area is 224 Å². The Hall–Kier alpha value is -4.01. The number of hydrogen-bond donors (Lipinski definition) is 3. The van der Waals surface area contributed by atoms with Crippen LogP contribution in [0.25, 0.3) is 11.1 Å². The Bertz CT molecular complexity index is 1590. The molecule has 0 bridgehead atoms. The third-order valence-corrected chi connectivity index (χ3v) is 12.5. The van der Waals surface area contributed by atoms with Gasteiger partial charge >= 0.3 is 0 Å². The molecular weight excluding hydrogens is 485 g/mol. The first-order valence-corrected chi connectivity index (χ1v) is 14.8. The van der Waals surface area contributed by atoms with Crippen molar-refractivity contribution < 1.29 is 4.57 Å². The van der Waals surface area contributed by atoms with Gasteiger partial charge in [-0.15, -0.1) is 0 Å². The fourth-order valence-corrected chi connectivity index (χ4v) is 11.2. The third kappa shape index (κ3) is 3.40. The summed E-state index contributed by atoms with van der Waals surface area (Å²) in [5.41, 5.74) is 25.3. The summed E-state index contributed by atoms with van der Waals surface area (Å²) in [5.74, 6) is 0. The Morgan fingerprint density at radius 3 is 1.87 bits per heavy atom. The zero-order valence-electron chi connectivity index (χ0n) is 21.5. The number of fused-ring (bicyclic) bond motifs is 3. The average molecular weight is 518 g/mol. The van der Waals surface area contributed by atoms with Crippen molar-refractivity contribution >= 4 is 23.8 Å². The monoisotopic (exact) mass is 517 g/mol. The van der Waals surface area contributed by atoms with Gasteiger partial charge in [-0.25, -0.2) is 0 Å². The van der Waals surface area contributed by atoms with Crippen molar-refractivity contribution in [3.63, 3.8) is 0 Å².